The number of hydrogen-bond acceptors (Lipinski definition) is 2. The summed E-state index contributed by atoms with van der Waals surface area (Å²) in [5, 5.41) is 0. The summed E-state index contributed by atoms with van der Waals surface area (Å²) in [6.45, 7) is 1.00. The van der Waals surface area contributed by atoms with Gasteiger partial charge in [-0.2, -0.15) is 13.2 Å². The fraction of sp³-hybridized carbons (Fsp3) is 0.500. The van der Waals surface area contributed by atoms with Gasteiger partial charge in [-0.25, -0.2) is 0 Å². The van der Waals surface area contributed by atoms with E-state index in [1.54, 1.807) is 12.4 Å². The first-order chi connectivity index (χ1) is 8.46. The van der Waals surface area contributed by atoms with Gasteiger partial charge in [-0.1, -0.05) is 0 Å². The number of halogens is 3. The normalized spacial score (nSPS) is 16.5. The van der Waals surface area contributed by atoms with Gasteiger partial charge < -0.3 is 4.90 Å². The molecule has 18 heavy (non-hydrogen) atoms. The monoisotopic (exact) mass is 258 g/mol. The van der Waals surface area contributed by atoms with E-state index in [2.05, 4.69) is 4.98 Å². The average molecular weight is 258 g/mol. The van der Waals surface area contributed by atoms with Gasteiger partial charge >= 0.3 is 6.18 Å². The van der Waals surface area contributed by atoms with Crippen LogP contribution in [0.3, 0.4) is 0 Å². The van der Waals surface area contributed by atoms with Crippen LogP contribution in [0.2, 0.25) is 0 Å². The summed E-state index contributed by atoms with van der Waals surface area (Å²) in [6.07, 6.45) is -2.41. The first-order valence-electron chi connectivity index (χ1n) is 5.70. The molecule has 0 saturated carbocycles. The van der Waals surface area contributed by atoms with E-state index in [1.165, 1.54) is 4.90 Å². The lowest BCUT2D eigenvalue weighted by atomic mass is 9.92. The Kier molecular flexibility index (Phi) is 3.54. The lowest BCUT2D eigenvalue weighted by Gasteiger charge is -2.39. The molecule has 1 aromatic rings. The minimum Gasteiger partial charge on any atom is -0.341 e. The number of aromatic nitrogens is 1. The molecule has 0 aromatic carbocycles. The Morgan fingerprint density at radius 3 is 2.50 bits per heavy atom. The van der Waals surface area contributed by atoms with Crippen LogP contribution in [0.5, 0.6) is 0 Å². The molecule has 0 bridgehead atoms. The number of pyridine rings is 1. The van der Waals surface area contributed by atoms with Crippen molar-refractivity contribution in [1.82, 2.24) is 9.88 Å². The Hall–Kier alpha value is -1.59. The van der Waals surface area contributed by atoms with Crippen LogP contribution in [0, 0.1) is 0 Å². The van der Waals surface area contributed by atoms with Crippen molar-refractivity contribution in [2.75, 3.05) is 13.1 Å². The third-order valence-electron chi connectivity index (χ3n) is 3.03. The van der Waals surface area contributed by atoms with Gasteiger partial charge in [0.15, 0.2) is 0 Å². The number of carbonyl (C=O) groups excluding carboxylic acids is 1. The summed E-state index contributed by atoms with van der Waals surface area (Å²) < 4.78 is 35.9. The molecule has 0 N–H and O–H groups in total. The Labute approximate surface area is 103 Å². The second-order valence-corrected chi connectivity index (χ2v) is 4.39. The number of rotatable bonds is 3. The van der Waals surface area contributed by atoms with Gasteiger partial charge in [-0.3, -0.25) is 9.78 Å². The first kappa shape index (κ1) is 12.9. The highest BCUT2D eigenvalue weighted by molar-refractivity contribution is 5.77. The molecule has 0 radical (unpaired) electrons. The summed E-state index contributed by atoms with van der Waals surface area (Å²) in [5.41, 5.74) is 1.07. The Balaban J connectivity index is 1.77. The van der Waals surface area contributed by atoms with Crippen LogP contribution in [0.1, 0.15) is 24.3 Å². The number of carbonyl (C=O) groups is 1. The summed E-state index contributed by atoms with van der Waals surface area (Å²) in [4.78, 5) is 16.8. The lowest BCUT2D eigenvalue weighted by molar-refractivity contribution is -0.151. The zero-order valence-electron chi connectivity index (χ0n) is 9.65. The molecule has 1 amide bonds. The lowest BCUT2D eigenvalue weighted by Crippen LogP contribution is -2.48. The second kappa shape index (κ2) is 4.96. The summed E-state index contributed by atoms with van der Waals surface area (Å²) in [5.74, 6) is -0.194. The quantitative estimate of drug-likeness (QED) is 0.833. The van der Waals surface area contributed by atoms with E-state index in [1.807, 2.05) is 12.1 Å². The average Bonchev–Trinajstić information content (AvgIpc) is 2.25. The SMILES string of the molecule is O=C(CCC(F)(F)F)N1CC(c2ccncc2)C1. The number of likely N-dealkylation sites (tertiary alicyclic amines) is 1. The van der Waals surface area contributed by atoms with Crippen LogP contribution >= 0.6 is 0 Å². The van der Waals surface area contributed by atoms with Gasteiger partial charge in [0.2, 0.25) is 5.91 Å². The minimum absolute atomic E-state index is 0.225. The van der Waals surface area contributed by atoms with Gasteiger partial charge in [0.05, 0.1) is 6.42 Å². The molecule has 0 atom stereocenters. The second-order valence-electron chi connectivity index (χ2n) is 4.39. The Morgan fingerprint density at radius 1 is 1.33 bits per heavy atom. The Morgan fingerprint density at radius 2 is 1.94 bits per heavy atom. The summed E-state index contributed by atoms with van der Waals surface area (Å²) >= 11 is 0. The fourth-order valence-corrected chi connectivity index (χ4v) is 1.94. The van der Waals surface area contributed by atoms with Crippen molar-refractivity contribution in [1.29, 1.82) is 0 Å². The summed E-state index contributed by atoms with van der Waals surface area (Å²) in [7, 11) is 0. The van der Waals surface area contributed by atoms with E-state index in [0.717, 1.165) is 5.56 Å². The van der Waals surface area contributed by atoms with Gasteiger partial charge in [-0.15, -0.1) is 0 Å². The standard InChI is InChI=1S/C12H13F3N2O/c13-12(14,15)4-1-11(18)17-7-10(8-17)9-2-5-16-6-3-9/h2-3,5-6,10H,1,4,7-8H2. The van der Waals surface area contributed by atoms with Gasteiger partial charge in [0, 0.05) is 37.8 Å². The maximum Gasteiger partial charge on any atom is 0.389 e. The van der Waals surface area contributed by atoms with Crippen LogP contribution in [-0.4, -0.2) is 35.1 Å². The van der Waals surface area contributed by atoms with Crippen LogP contribution in [0.25, 0.3) is 0 Å². The zero-order valence-corrected chi connectivity index (χ0v) is 9.65. The molecular formula is C12H13F3N2O. The minimum atomic E-state index is -4.26. The maximum absolute atomic E-state index is 12.0. The Bertz CT molecular complexity index is 413. The van der Waals surface area contributed by atoms with Crippen molar-refractivity contribution in [2.45, 2.75) is 24.9 Å². The smallest absolute Gasteiger partial charge is 0.341 e. The molecular weight excluding hydrogens is 245 g/mol. The highest BCUT2D eigenvalue weighted by Gasteiger charge is 2.34. The van der Waals surface area contributed by atoms with Crippen LogP contribution in [0.4, 0.5) is 13.2 Å². The molecule has 3 nitrogen and oxygen atoms in total. The molecule has 0 aliphatic carbocycles. The highest BCUT2D eigenvalue weighted by atomic mass is 19.4. The molecule has 1 fully saturated rings. The van der Waals surface area contributed by atoms with Gasteiger partial charge in [-0.05, 0) is 17.7 Å². The van der Waals surface area contributed by atoms with E-state index in [9.17, 15) is 18.0 Å². The van der Waals surface area contributed by atoms with Crippen molar-refractivity contribution in [3.8, 4) is 0 Å². The predicted molar refractivity (Wildman–Crippen MR) is 58.8 cm³/mol. The molecule has 0 unspecified atom stereocenters. The van der Waals surface area contributed by atoms with Crippen molar-refractivity contribution in [3.05, 3.63) is 30.1 Å². The molecule has 1 aliphatic heterocycles. The van der Waals surface area contributed by atoms with Crippen LogP contribution in [0.15, 0.2) is 24.5 Å². The first-order valence-corrected chi connectivity index (χ1v) is 5.70. The van der Waals surface area contributed by atoms with Crippen LogP contribution in [-0.2, 0) is 4.79 Å². The molecule has 1 aliphatic rings. The van der Waals surface area contributed by atoms with Crippen molar-refractivity contribution in [3.63, 3.8) is 0 Å². The van der Waals surface area contributed by atoms with E-state index < -0.39 is 24.9 Å². The topological polar surface area (TPSA) is 33.2 Å². The van der Waals surface area contributed by atoms with Gasteiger partial charge in [0.1, 0.15) is 0 Å². The maximum atomic E-state index is 12.0. The van der Waals surface area contributed by atoms with Crippen molar-refractivity contribution < 1.29 is 18.0 Å². The number of nitrogens with zero attached hydrogens (tertiary/aromatic N) is 2. The van der Waals surface area contributed by atoms with E-state index in [4.69, 9.17) is 0 Å². The number of hydrogen-bond donors (Lipinski definition) is 0. The molecule has 0 spiro atoms. The molecule has 98 valence electrons. The number of alkyl halides is 3. The van der Waals surface area contributed by atoms with E-state index in [-0.39, 0.29) is 5.92 Å². The molecule has 1 aromatic heterocycles. The molecule has 6 heteroatoms. The predicted octanol–water partition coefficient (Wildman–Crippen LogP) is 2.35. The molecule has 2 rings (SSSR count). The third-order valence-corrected chi connectivity index (χ3v) is 3.03. The zero-order chi connectivity index (χ0) is 13.2. The highest BCUT2D eigenvalue weighted by Crippen LogP contribution is 2.28. The third kappa shape index (κ3) is 3.21. The van der Waals surface area contributed by atoms with E-state index >= 15 is 0 Å². The van der Waals surface area contributed by atoms with Crippen molar-refractivity contribution >= 4 is 5.91 Å². The number of amides is 1. The van der Waals surface area contributed by atoms with Crippen molar-refractivity contribution in [2.24, 2.45) is 0 Å². The largest absolute Gasteiger partial charge is 0.389 e. The van der Waals surface area contributed by atoms with E-state index in [0.29, 0.717) is 13.1 Å². The fourth-order valence-electron chi connectivity index (χ4n) is 1.94. The van der Waals surface area contributed by atoms with Crippen LogP contribution < -0.4 is 0 Å². The molecule has 1 saturated heterocycles. The van der Waals surface area contributed by atoms with Gasteiger partial charge in [0.25, 0.3) is 0 Å². The summed E-state index contributed by atoms with van der Waals surface area (Å²) in [6, 6.07) is 3.73. The molecule has 2 heterocycles.